The van der Waals surface area contributed by atoms with Crippen molar-refractivity contribution in [3.63, 3.8) is 0 Å². The first-order valence-corrected chi connectivity index (χ1v) is 7.89. The second-order valence-corrected chi connectivity index (χ2v) is 5.76. The number of aliphatic imine (C=N–C) groups is 1. The van der Waals surface area contributed by atoms with E-state index in [9.17, 15) is 9.59 Å². The molecule has 1 N–H and O–H groups in total. The number of esters is 1. The molecule has 0 spiro atoms. The molecule has 1 fully saturated rings. The Morgan fingerprint density at radius 1 is 1.36 bits per heavy atom. The van der Waals surface area contributed by atoms with Crippen molar-refractivity contribution in [1.82, 2.24) is 5.32 Å². The topological polar surface area (TPSA) is 77.0 Å². The molecule has 0 saturated carbocycles. The number of carbonyl (C=O) groups excluding carboxylic acids is 2. The number of amides is 1. The molecule has 1 aliphatic heterocycles. The van der Waals surface area contributed by atoms with Gasteiger partial charge in [-0.15, -0.1) is 0 Å². The first-order valence-electron chi connectivity index (χ1n) is 7.01. The Morgan fingerprint density at radius 3 is 2.73 bits per heavy atom. The zero-order valence-electron chi connectivity index (χ0n) is 12.5. The minimum Gasteiger partial charge on any atom is -0.494 e. The van der Waals surface area contributed by atoms with Crippen LogP contribution >= 0.6 is 11.8 Å². The third-order valence-corrected chi connectivity index (χ3v) is 3.99. The molecule has 6 nitrogen and oxygen atoms in total. The summed E-state index contributed by atoms with van der Waals surface area (Å²) in [5.74, 6) is 0.336. The van der Waals surface area contributed by atoms with E-state index in [1.165, 1.54) is 18.7 Å². The molecule has 1 saturated heterocycles. The third-order valence-electron chi connectivity index (χ3n) is 2.84. The molecule has 1 aromatic rings. The molecule has 0 aromatic heterocycles. The summed E-state index contributed by atoms with van der Waals surface area (Å²) in [6, 6.07) is 7.33. The van der Waals surface area contributed by atoms with Crippen LogP contribution < -0.4 is 10.1 Å². The maximum atomic E-state index is 11.8. The van der Waals surface area contributed by atoms with Crippen LogP contribution in [0.2, 0.25) is 0 Å². The van der Waals surface area contributed by atoms with Crippen molar-refractivity contribution in [1.29, 1.82) is 0 Å². The van der Waals surface area contributed by atoms with Crippen molar-refractivity contribution in [2.75, 3.05) is 13.2 Å². The summed E-state index contributed by atoms with van der Waals surface area (Å²) in [5, 5.41) is 3.01. The van der Waals surface area contributed by atoms with Crippen molar-refractivity contribution in [3.8, 4) is 5.75 Å². The second-order valence-electron chi connectivity index (χ2n) is 4.57. The van der Waals surface area contributed by atoms with Gasteiger partial charge in [0.2, 0.25) is 5.91 Å². The zero-order valence-corrected chi connectivity index (χ0v) is 13.3. The lowest BCUT2D eigenvalue weighted by atomic mass is 10.3. The van der Waals surface area contributed by atoms with Crippen LogP contribution in [0.5, 0.6) is 5.75 Å². The molecule has 7 heteroatoms. The molecule has 1 aromatic carbocycles. The Kier molecular flexibility index (Phi) is 5.83. The normalized spacial score (nSPS) is 19.1. The van der Waals surface area contributed by atoms with E-state index in [-0.39, 0.29) is 23.7 Å². The lowest BCUT2D eigenvalue weighted by Crippen LogP contribution is -2.25. The molecule has 1 atom stereocenters. The molecule has 22 heavy (non-hydrogen) atoms. The minimum atomic E-state index is -0.341. The molecule has 0 aliphatic carbocycles. The smallest absolute Gasteiger partial charge is 0.302 e. The minimum absolute atomic E-state index is 0.109. The highest BCUT2D eigenvalue weighted by Gasteiger charge is 2.30. The molecule has 1 unspecified atom stereocenters. The van der Waals surface area contributed by atoms with E-state index in [0.29, 0.717) is 18.2 Å². The SMILES string of the molecule is CCOc1ccc(N=C2NC(=O)C(CCOC(C)=O)S2)cc1. The van der Waals surface area contributed by atoms with E-state index in [1.54, 1.807) is 0 Å². The summed E-state index contributed by atoms with van der Waals surface area (Å²) in [5.41, 5.74) is 0.742. The van der Waals surface area contributed by atoms with Gasteiger partial charge in [-0.1, -0.05) is 11.8 Å². The van der Waals surface area contributed by atoms with Crippen LogP contribution in [0, 0.1) is 0 Å². The number of hydrogen-bond donors (Lipinski definition) is 1. The van der Waals surface area contributed by atoms with E-state index in [4.69, 9.17) is 9.47 Å². The summed E-state index contributed by atoms with van der Waals surface area (Å²) in [6.07, 6.45) is 0.471. The van der Waals surface area contributed by atoms with Gasteiger partial charge >= 0.3 is 5.97 Å². The number of amidine groups is 1. The molecule has 118 valence electrons. The number of nitrogens with one attached hydrogen (secondary N) is 1. The van der Waals surface area contributed by atoms with Crippen LogP contribution in [0.4, 0.5) is 5.69 Å². The van der Waals surface area contributed by atoms with Crippen molar-refractivity contribution in [2.45, 2.75) is 25.5 Å². The predicted octanol–water partition coefficient (Wildman–Crippen LogP) is 2.26. The van der Waals surface area contributed by atoms with E-state index in [1.807, 2.05) is 31.2 Å². The number of ether oxygens (including phenoxy) is 2. The molecule has 1 heterocycles. The van der Waals surface area contributed by atoms with Crippen LogP contribution in [-0.4, -0.2) is 35.5 Å². The first kappa shape index (κ1) is 16.4. The number of nitrogens with zero attached hydrogens (tertiary/aromatic N) is 1. The lowest BCUT2D eigenvalue weighted by molar-refractivity contribution is -0.141. The average Bonchev–Trinajstić information content (AvgIpc) is 2.81. The Hall–Kier alpha value is -2.02. The zero-order chi connectivity index (χ0) is 15.9. The number of rotatable bonds is 6. The highest BCUT2D eigenvalue weighted by atomic mass is 32.2. The number of hydrogen-bond acceptors (Lipinski definition) is 6. The highest BCUT2D eigenvalue weighted by Crippen LogP contribution is 2.26. The standard InChI is InChI=1S/C15H18N2O4S/c1-3-20-12-6-4-11(5-7-12)16-15-17-14(19)13(22-15)8-9-21-10(2)18/h4-7,13H,3,8-9H2,1-2H3,(H,16,17,19). The van der Waals surface area contributed by atoms with Gasteiger partial charge in [0.1, 0.15) is 5.75 Å². The summed E-state index contributed by atoms with van der Waals surface area (Å²) >= 11 is 1.35. The van der Waals surface area contributed by atoms with Crippen LogP contribution in [-0.2, 0) is 14.3 Å². The largest absolute Gasteiger partial charge is 0.494 e. The van der Waals surface area contributed by atoms with E-state index >= 15 is 0 Å². The summed E-state index contributed by atoms with van der Waals surface area (Å²) in [7, 11) is 0. The fraction of sp³-hybridized carbons (Fsp3) is 0.400. The van der Waals surface area contributed by atoms with Gasteiger partial charge in [0.25, 0.3) is 0 Å². The molecule has 1 amide bonds. The fourth-order valence-corrected chi connectivity index (χ4v) is 2.83. The predicted molar refractivity (Wildman–Crippen MR) is 85.5 cm³/mol. The van der Waals surface area contributed by atoms with E-state index in [0.717, 1.165) is 11.4 Å². The van der Waals surface area contributed by atoms with E-state index in [2.05, 4.69) is 10.3 Å². The lowest BCUT2D eigenvalue weighted by Gasteiger charge is -2.04. The van der Waals surface area contributed by atoms with Crippen LogP contribution in [0.25, 0.3) is 0 Å². The van der Waals surface area contributed by atoms with Crippen LogP contribution in [0.3, 0.4) is 0 Å². The molecule has 0 radical (unpaired) electrons. The maximum Gasteiger partial charge on any atom is 0.302 e. The van der Waals surface area contributed by atoms with Gasteiger partial charge in [0.05, 0.1) is 24.2 Å². The third kappa shape index (κ3) is 4.77. The van der Waals surface area contributed by atoms with Crippen molar-refractivity contribution in [3.05, 3.63) is 24.3 Å². The molecular formula is C15H18N2O4S. The van der Waals surface area contributed by atoms with Gasteiger partial charge in [0, 0.05) is 13.3 Å². The quantitative estimate of drug-likeness (QED) is 0.813. The number of carbonyl (C=O) groups is 2. The Bertz CT molecular complexity index is 571. The van der Waals surface area contributed by atoms with Gasteiger partial charge in [-0.3, -0.25) is 9.59 Å². The number of benzene rings is 1. The van der Waals surface area contributed by atoms with Crippen LogP contribution in [0.1, 0.15) is 20.3 Å². The van der Waals surface area contributed by atoms with Gasteiger partial charge in [-0.25, -0.2) is 4.99 Å². The fourth-order valence-electron chi connectivity index (χ4n) is 1.86. The summed E-state index contributed by atoms with van der Waals surface area (Å²) in [4.78, 5) is 26.9. The van der Waals surface area contributed by atoms with Crippen molar-refractivity contribution < 1.29 is 19.1 Å². The second kappa shape index (κ2) is 7.84. The molecule has 0 bridgehead atoms. The average molecular weight is 322 g/mol. The maximum absolute atomic E-state index is 11.8. The highest BCUT2D eigenvalue weighted by molar-refractivity contribution is 8.15. The Balaban J connectivity index is 1.92. The number of thioether (sulfide) groups is 1. The summed E-state index contributed by atoms with van der Waals surface area (Å²) in [6.45, 7) is 4.12. The molecule has 2 rings (SSSR count). The van der Waals surface area contributed by atoms with Crippen LogP contribution in [0.15, 0.2) is 29.3 Å². The first-order chi connectivity index (χ1) is 10.6. The molecular weight excluding hydrogens is 304 g/mol. The monoisotopic (exact) mass is 322 g/mol. The van der Waals surface area contributed by atoms with Gasteiger partial charge in [-0.2, -0.15) is 0 Å². The van der Waals surface area contributed by atoms with E-state index < -0.39 is 0 Å². The van der Waals surface area contributed by atoms with Gasteiger partial charge < -0.3 is 14.8 Å². The van der Waals surface area contributed by atoms with Gasteiger partial charge in [0.15, 0.2) is 5.17 Å². The Labute approximate surface area is 133 Å². The van der Waals surface area contributed by atoms with Crippen molar-refractivity contribution in [2.24, 2.45) is 4.99 Å². The molecule has 1 aliphatic rings. The Morgan fingerprint density at radius 2 is 2.09 bits per heavy atom. The van der Waals surface area contributed by atoms with Gasteiger partial charge in [-0.05, 0) is 31.2 Å². The van der Waals surface area contributed by atoms with Crippen molar-refractivity contribution >= 4 is 34.5 Å². The summed E-state index contributed by atoms with van der Waals surface area (Å²) < 4.78 is 10.2.